The quantitative estimate of drug-likeness (QED) is 0.516. The fourth-order valence-corrected chi connectivity index (χ4v) is 0.632. The average Bonchev–Trinajstić information content (AvgIpc) is 2.05. The molecule has 0 bridgehead atoms. The number of rotatable bonds is 2. The molecule has 62 valence electrons. The van der Waals surface area contributed by atoms with Crippen molar-refractivity contribution in [3.63, 3.8) is 0 Å². The molecule has 1 heterocycles. The highest BCUT2D eigenvalue weighted by atomic mass is 16.7. The van der Waals surface area contributed by atoms with Crippen LogP contribution in [0.1, 0.15) is 10.4 Å². The van der Waals surface area contributed by atoms with Gasteiger partial charge in [-0.1, -0.05) is 0 Å². The van der Waals surface area contributed by atoms with Crippen molar-refractivity contribution >= 4 is 5.97 Å². The van der Waals surface area contributed by atoms with Crippen LogP contribution in [-0.4, -0.2) is 16.1 Å². The van der Waals surface area contributed by atoms with Crippen molar-refractivity contribution in [3.05, 3.63) is 28.8 Å². The topological polar surface area (TPSA) is 88.9 Å². The van der Waals surface area contributed by atoms with E-state index >= 15 is 0 Å². The highest BCUT2D eigenvalue weighted by Crippen LogP contribution is 2.07. The van der Waals surface area contributed by atoms with Gasteiger partial charge in [0.15, 0.2) is 5.34 Å². The molecule has 0 unspecified atom stereocenters. The van der Waals surface area contributed by atoms with Crippen LogP contribution < -0.4 is 0 Å². The second-order valence-corrected chi connectivity index (χ2v) is 1.86. The third-order valence-electron chi connectivity index (χ3n) is 1.10. The van der Waals surface area contributed by atoms with E-state index in [1.807, 2.05) is 5.34 Å². The Morgan fingerprint density at radius 3 is 3.00 bits per heavy atom. The molecule has 0 aliphatic rings. The number of pyridine rings is 1. The van der Waals surface area contributed by atoms with E-state index in [9.17, 15) is 9.70 Å². The minimum absolute atomic E-state index is 0.0158. The maximum absolute atomic E-state index is 10.7. The van der Waals surface area contributed by atoms with Crippen LogP contribution in [0.4, 0.5) is 0 Å². The molecule has 1 N–H and O–H groups in total. The number of hydrogen-bond donors (Lipinski definition) is 1. The molecule has 6 heteroatoms. The number of aromatic hydroxyl groups is 1. The molecule has 0 aliphatic heterocycles. The van der Waals surface area contributed by atoms with Crippen molar-refractivity contribution in [1.29, 1.82) is 0 Å². The van der Waals surface area contributed by atoms with E-state index in [1.54, 1.807) is 0 Å². The van der Waals surface area contributed by atoms with Gasteiger partial charge >= 0.3 is 5.97 Å². The van der Waals surface area contributed by atoms with Gasteiger partial charge in [0, 0.05) is 12.3 Å². The third-order valence-corrected chi connectivity index (χ3v) is 1.10. The number of carbonyl (C=O) groups excluding carboxylic acids is 1. The largest absolute Gasteiger partial charge is 0.493 e. The van der Waals surface area contributed by atoms with Gasteiger partial charge in [-0.05, 0) is 6.07 Å². The smallest absolute Gasteiger partial charge is 0.369 e. The second-order valence-electron chi connectivity index (χ2n) is 1.86. The number of carbonyl (C=O) groups is 1. The van der Waals surface area contributed by atoms with Gasteiger partial charge in [-0.25, -0.2) is 9.78 Å². The molecule has 0 radical (unpaired) electrons. The Hall–Kier alpha value is -1.98. The lowest BCUT2D eigenvalue weighted by Crippen LogP contribution is -1.99. The number of aromatic nitrogens is 1. The van der Waals surface area contributed by atoms with Crippen molar-refractivity contribution in [2.24, 2.45) is 5.34 Å². The zero-order chi connectivity index (χ0) is 8.97. The van der Waals surface area contributed by atoms with E-state index in [2.05, 4.69) is 9.82 Å². The molecule has 0 aromatic carbocycles. The lowest BCUT2D eigenvalue weighted by atomic mass is 10.3. The summed E-state index contributed by atoms with van der Waals surface area (Å²) in [5.41, 5.74) is 0.0158. The summed E-state index contributed by atoms with van der Waals surface area (Å²) >= 11 is 0. The summed E-state index contributed by atoms with van der Waals surface area (Å²) in [6, 6.07) is 2.35. The molecular formula is C6H4N2O4. The Morgan fingerprint density at radius 2 is 2.42 bits per heavy atom. The first-order chi connectivity index (χ1) is 5.74. The van der Waals surface area contributed by atoms with Crippen molar-refractivity contribution in [1.82, 2.24) is 4.98 Å². The predicted molar refractivity (Wildman–Crippen MR) is 37.1 cm³/mol. The summed E-state index contributed by atoms with van der Waals surface area (Å²) in [6.07, 6.45) is 1.21. The molecule has 0 spiro atoms. The maximum Gasteiger partial charge on any atom is 0.369 e. The normalized spacial score (nSPS) is 9.00. The first-order valence-corrected chi connectivity index (χ1v) is 2.93. The van der Waals surface area contributed by atoms with Crippen molar-refractivity contribution < 1.29 is 14.7 Å². The van der Waals surface area contributed by atoms with Crippen LogP contribution in [0, 0.1) is 4.91 Å². The minimum atomic E-state index is -0.928. The molecule has 0 fully saturated rings. The van der Waals surface area contributed by atoms with E-state index < -0.39 is 5.97 Å². The summed E-state index contributed by atoms with van der Waals surface area (Å²) in [6.45, 7) is 0. The monoisotopic (exact) mass is 168 g/mol. The predicted octanol–water partition coefficient (Wildman–Crippen LogP) is 0.625. The number of nitrogens with zero attached hydrogens (tertiary/aromatic N) is 2. The highest BCUT2D eigenvalue weighted by Gasteiger charge is 2.07. The van der Waals surface area contributed by atoms with E-state index in [1.165, 1.54) is 12.3 Å². The van der Waals surface area contributed by atoms with Crippen LogP contribution in [0.15, 0.2) is 23.7 Å². The van der Waals surface area contributed by atoms with Gasteiger partial charge in [0.1, 0.15) is 0 Å². The SMILES string of the molecule is O=NOC(=O)c1ccnc(O)c1. The summed E-state index contributed by atoms with van der Waals surface area (Å²) in [7, 11) is 0. The fraction of sp³-hybridized carbons (Fsp3) is 0. The van der Waals surface area contributed by atoms with Crippen LogP contribution >= 0.6 is 0 Å². The number of hydrogen-bond acceptors (Lipinski definition) is 6. The standard InChI is InChI=1S/C6H4N2O4/c9-5-3-4(1-2-7-5)6(10)12-8-11/h1-3H,(H,7,9). The molecule has 0 amide bonds. The Morgan fingerprint density at radius 1 is 1.67 bits per heavy atom. The molecule has 1 rings (SSSR count). The minimum Gasteiger partial charge on any atom is -0.493 e. The molecular weight excluding hydrogens is 164 g/mol. The van der Waals surface area contributed by atoms with Gasteiger partial charge in [-0.3, -0.25) is 4.84 Å². The van der Waals surface area contributed by atoms with E-state index in [0.29, 0.717) is 0 Å². The Labute approximate surface area is 66.7 Å². The maximum atomic E-state index is 10.7. The van der Waals surface area contributed by atoms with Crippen LogP contribution in [0.5, 0.6) is 5.88 Å². The zero-order valence-electron chi connectivity index (χ0n) is 5.80. The van der Waals surface area contributed by atoms with Gasteiger partial charge in [-0.2, -0.15) is 0 Å². The van der Waals surface area contributed by atoms with Crippen molar-refractivity contribution in [2.45, 2.75) is 0 Å². The third kappa shape index (κ3) is 1.75. The summed E-state index contributed by atoms with van der Waals surface area (Å²) in [5.74, 6) is -1.25. The molecule has 12 heavy (non-hydrogen) atoms. The molecule has 0 aliphatic carbocycles. The summed E-state index contributed by atoms with van der Waals surface area (Å²) in [4.78, 5) is 27.4. The Bertz CT molecular complexity index is 312. The Balaban J connectivity index is 2.87. The fourth-order valence-electron chi connectivity index (χ4n) is 0.632. The van der Waals surface area contributed by atoms with E-state index in [0.717, 1.165) is 6.07 Å². The molecule has 0 saturated heterocycles. The molecule has 1 aromatic heterocycles. The molecule has 0 atom stereocenters. The van der Waals surface area contributed by atoms with Crippen LogP contribution in [0.25, 0.3) is 0 Å². The van der Waals surface area contributed by atoms with Crippen LogP contribution in [0.3, 0.4) is 0 Å². The van der Waals surface area contributed by atoms with Gasteiger partial charge in [0.25, 0.3) is 0 Å². The lowest BCUT2D eigenvalue weighted by Gasteiger charge is -1.94. The molecule has 6 nitrogen and oxygen atoms in total. The lowest BCUT2D eigenvalue weighted by molar-refractivity contribution is 0.0507. The van der Waals surface area contributed by atoms with Crippen molar-refractivity contribution in [2.75, 3.05) is 0 Å². The van der Waals surface area contributed by atoms with Gasteiger partial charge in [-0.15, -0.1) is 4.91 Å². The summed E-state index contributed by atoms with van der Waals surface area (Å²) < 4.78 is 0. The zero-order valence-corrected chi connectivity index (χ0v) is 5.80. The van der Waals surface area contributed by atoms with Crippen LogP contribution in [0.2, 0.25) is 0 Å². The van der Waals surface area contributed by atoms with Crippen LogP contribution in [-0.2, 0) is 4.84 Å². The van der Waals surface area contributed by atoms with E-state index in [4.69, 9.17) is 5.11 Å². The second kappa shape index (κ2) is 3.42. The summed E-state index contributed by atoms with van der Waals surface area (Å²) in [5, 5.41) is 10.7. The van der Waals surface area contributed by atoms with Crippen molar-refractivity contribution in [3.8, 4) is 5.88 Å². The van der Waals surface area contributed by atoms with Gasteiger partial charge in [0.2, 0.25) is 5.88 Å². The first-order valence-electron chi connectivity index (χ1n) is 2.93. The van der Waals surface area contributed by atoms with E-state index in [-0.39, 0.29) is 11.4 Å². The Kier molecular flexibility index (Phi) is 2.32. The first kappa shape index (κ1) is 8.12. The van der Waals surface area contributed by atoms with Gasteiger partial charge < -0.3 is 5.11 Å². The van der Waals surface area contributed by atoms with Gasteiger partial charge in [0.05, 0.1) is 5.56 Å². The molecule has 0 saturated carbocycles. The highest BCUT2D eigenvalue weighted by molar-refractivity contribution is 5.89. The average molecular weight is 168 g/mol. The molecule has 1 aromatic rings.